The molecule has 0 bridgehead atoms. The number of carbonyl (C=O) groups excluding carboxylic acids is 1. The van der Waals surface area contributed by atoms with E-state index >= 15 is 0 Å². The van der Waals surface area contributed by atoms with Crippen molar-refractivity contribution in [2.75, 3.05) is 10.6 Å². The van der Waals surface area contributed by atoms with E-state index in [0.29, 0.717) is 18.1 Å². The van der Waals surface area contributed by atoms with Gasteiger partial charge in [-0.25, -0.2) is 14.4 Å². The summed E-state index contributed by atoms with van der Waals surface area (Å²) in [7, 11) is 1.74. The molecule has 0 spiro atoms. The maximum Gasteiger partial charge on any atom is 0.419 e. The van der Waals surface area contributed by atoms with Crippen molar-refractivity contribution in [3.8, 4) is 11.3 Å². The van der Waals surface area contributed by atoms with Crippen molar-refractivity contribution in [3.63, 3.8) is 0 Å². The van der Waals surface area contributed by atoms with Crippen LogP contribution in [-0.2, 0) is 30.9 Å². The minimum Gasteiger partial charge on any atom is -0.351 e. The fraction of sp³-hybridized carbons (Fsp3) is 0.379. The van der Waals surface area contributed by atoms with E-state index in [2.05, 4.69) is 27.6 Å². The third kappa shape index (κ3) is 6.48. The number of aryl methyl sites for hydroxylation is 2. The van der Waals surface area contributed by atoms with Crippen molar-refractivity contribution < 1.29 is 22.4 Å². The first-order valence-corrected chi connectivity index (χ1v) is 13.5. The summed E-state index contributed by atoms with van der Waals surface area (Å²) in [6.07, 6.45) is 1.37. The number of hydrogen-bond acceptors (Lipinski definition) is 6. The van der Waals surface area contributed by atoms with Crippen LogP contribution in [0, 0.1) is 5.82 Å². The average molecular weight is 570 g/mol. The quantitative estimate of drug-likeness (QED) is 0.250. The molecule has 4 N–H and O–H groups in total. The van der Waals surface area contributed by atoms with Gasteiger partial charge in [-0.1, -0.05) is 13.0 Å². The Morgan fingerprint density at radius 3 is 2.56 bits per heavy atom. The highest BCUT2D eigenvalue weighted by atomic mass is 19.4. The normalized spacial score (nSPS) is 17.5. The van der Waals surface area contributed by atoms with Gasteiger partial charge in [0.05, 0.1) is 23.2 Å². The lowest BCUT2D eigenvalue weighted by Crippen LogP contribution is -2.33. The highest BCUT2D eigenvalue weighted by Gasteiger charge is 2.34. The van der Waals surface area contributed by atoms with E-state index in [1.165, 1.54) is 0 Å². The lowest BCUT2D eigenvalue weighted by Gasteiger charge is -2.26. The Kier molecular flexibility index (Phi) is 7.94. The van der Waals surface area contributed by atoms with Crippen molar-refractivity contribution in [2.24, 2.45) is 12.8 Å². The van der Waals surface area contributed by atoms with E-state index in [1.807, 2.05) is 12.1 Å². The van der Waals surface area contributed by atoms with Gasteiger partial charge in [0.25, 0.3) is 0 Å². The van der Waals surface area contributed by atoms with Crippen molar-refractivity contribution >= 4 is 28.6 Å². The predicted octanol–water partition coefficient (Wildman–Crippen LogP) is 5.61. The maximum absolute atomic E-state index is 13.9. The fourth-order valence-corrected chi connectivity index (χ4v) is 5.22. The van der Waals surface area contributed by atoms with Crippen molar-refractivity contribution in [1.82, 2.24) is 19.7 Å². The second-order valence-corrected chi connectivity index (χ2v) is 10.5. The second-order valence-electron chi connectivity index (χ2n) is 10.5. The van der Waals surface area contributed by atoms with E-state index in [1.54, 1.807) is 24.0 Å². The molecule has 5 rings (SSSR count). The molecule has 2 aromatic carbocycles. The number of anilines is 2. The summed E-state index contributed by atoms with van der Waals surface area (Å²) >= 11 is 0. The van der Waals surface area contributed by atoms with Crippen LogP contribution in [0.4, 0.5) is 29.3 Å². The number of hydrogen-bond donors (Lipinski definition) is 3. The molecule has 0 radical (unpaired) electrons. The number of carbonyl (C=O) groups is 1. The Morgan fingerprint density at radius 1 is 1.12 bits per heavy atom. The zero-order valence-electron chi connectivity index (χ0n) is 22.7. The minimum atomic E-state index is -4.80. The summed E-state index contributed by atoms with van der Waals surface area (Å²) in [6.45, 7) is 2.05. The Balaban J connectivity index is 1.32. The molecule has 0 aliphatic heterocycles. The summed E-state index contributed by atoms with van der Waals surface area (Å²) in [5.74, 6) is -1.09. The number of alkyl halides is 3. The molecule has 1 saturated carbocycles. The molecule has 216 valence electrons. The van der Waals surface area contributed by atoms with Crippen LogP contribution in [0.2, 0.25) is 0 Å². The molecule has 12 heteroatoms. The van der Waals surface area contributed by atoms with Crippen molar-refractivity contribution in [1.29, 1.82) is 0 Å². The molecule has 1 amide bonds. The summed E-state index contributed by atoms with van der Waals surface area (Å²) in [6, 6.07) is 8.72. The first kappa shape index (κ1) is 28.5. The highest BCUT2D eigenvalue weighted by molar-refractivity contribution is 5.92. The highest BCUT2D eigenvalue weighted by Crippen LogP contribution is 2.32. The van der Waals surface area contributed by atoms with Gasteiger partial charge < -0.3 is 16.4 Å². The predicted molar refractivity (Wildman–Crippen MR) is 149 cm³/mol. The first-order valence-electron chi connectivity index (χ1n) is 13.5. The number of aromatic nitrogens is 4. The van der Waals surface area contributed by atoms with E-state index in [0.717, 1.165) is 72.0 Å². The van der Waals surface area contributed by atoms with E-state index in [-0.39, 0.29) is 23.8 Å². The summed E-state index contributed by atoms with van der Waals surface area (Å²) in [5.41, 5.74) is 8.26. The van der Waals surface area contributed by atoms with Gasteiger partial charge in [-0.15, -0.1) is 0 Å². The number of nitrogens with zero attached hydrogens (tertiary/aromatic N) is 4. The van der Waals surface area contributed by atoms with Gasteiger partial charge in [0, 0.05) is 42.3 Å². The number of halogens is 4. The SMILES string of the molecule is CCc1cc(-c2cc(NC(=O)Cc3ccc(C(F)(F)F)c(F)c3)nn2C)cc2cnc(NC3CCC(N)CC3)nc12. The first-order chi connectivity index (χ1) is 19.5. The molecule has 1 aliphatic carbocycles. The number of nitrogens with one attached hydrogen (secondary N) is 2. The minimum absolute atomic E-state index is 0.118. The van der Waals surface area contributed by atoms with Crippen LogP contribution >= 0.6 is 0 Å². The van der Waals surface area contributed by atoms with Crippen LogP contribution in [0.15, 0.2) is 42.6 Å². The Hall–Kier alpha value is -4.06. The van der Waals surface area contributed by atoms with Gasteiger partial charge >= 0.3 is 6.18 Å². The van der Waals surface area contributed by atoms with Gasteiger partial charge in [0.15, 0.2) is 5.82 Å². The van der Waals surface area contributed by atoms with Gasteiger partial charge in [-0.2, -0.15) is 18.3 Å². The Morgan fingerprint density at radius 2 is 1.88 bits per heavy atom. The van der Waals surface area contributed by atoms with Crippen molar-refractivity contribution in [3.05, 3.63) is 65.1 Å². The molecule has 4 aromatic rings. The molecule has 0 saturated heterocycles. The van der Waals surface area contributed by atoms with Crippen LogP contribution in [0.3, 0.4) is 0 Å². The van der Waals surface area contributed by atoms with E-state index in [9.17, 15) is 22.4 Å². The van der Waals surface area contributed by atoms with Crippen LogP contribution in [0.1, 0.15) is 49.3 Å². The molecule has 2 aromatic heterocycles. The third-order valence-electron chi connectivity index (χ3n) is 7.39. The van der Waals surface area contributed by atoms with Crippen molar-refractivity contribution in [2.45, 2.75) is 63.7 Å². The number of amides is 1. The molecule has 8 nitrogen and oxygen atoms in total. The van der Waals surface area contributed by atoms with E-state index in [4.69, 9.17) is 10.7 Å². The summed E-state index contributed by atoms with van der Waals surface area (Å²) < 4.78 is 54.0. The maximum atomic E-state index is 13.9. The number of rotatable bonds is 7. The zero-order chi connectivity index (χ0) is 29.3. The van der Waals surface area contributed by atoms with Gasteiger partial charge in [-0.05, 0) is 67.5 Å². The summed E-state index contributed by atoms with van der Waals surface area (Å²) in [4.78, 5) is 21.9. The molecule has 0 unspecified atom stereocenters. The monoisotopic (exact) mass is 569 g/mol. The number of fused-ring (bicyclic) bond motifs is 1. The van der Waals surface area contributed by atoms with Gasteiger partial charge in [0.2, 0.25) is 11.9 Å². The van der Waals surface area contributed by atoms with Gasteiger partial charge in [0.1, 0.15) is 5.82 Å². The van der Waals surface area contributed by atoms with Crippen LogP contribution in [-0.4, -0.2) is 37.7 Å². The van der Waals surface area contributed by atoms with Gasteiger partial charge in [-0.3, -0.25) is 9.48 Å². The number of benzene rings is 2. The third-order valence-corrected chi connectivity index (χ3v) is 7.39. The number of nitrogens with two attached hydrogens (primary N) is 1. The smallest absolute Gasteiger partial charge is 0.351 e. The van der Waals surface area contributed by atoms with Crippen LogP contribution in [0.5, 0.6) is 0 Å². The molecule has 0 atom stereocenters. The van der Waals surface area contributed by atoms with Crippen LogP contribution < -0.4 is 16.4 Å². The standard InChI is InChI=1S/C29H31F4N7O/c1-3-17-12-18(13-19-15-35-28(38-27(17)19)36-21-7-5-20(34)6-8-21)24-14-25(39-40(24)2)37-26(41)11-16-4-9-22(23(30)10-16)29(31,32)33/h4,9-10,12-15,20-21H,3,5-8,11,34H2,1-2H3,(H,35,36,38)(H,37,39,41). The molecular formula is C29H31F4N7O. The second kappa shape index (κ2) is 11.4. The molecule has 41 heavy (non-hydrogen) atoms. The summed E-state index contributed by atoms with van der Waals surface area (Å²) in [5, 5.41) is 11.3. The lowest BCUT2D eigenvalue weighted by molar-refractivity contribution is -0.140. The average Bonchev–Trinajstić information content (AvgIpc) is 3.28. The largest absolute Gasteiger partial charge is 0.419 e. The zero-order valence-corrected chi connectivity index (χ0v) is 22.7. The molecule has 1 aliphatic rings. The topological polar surface area (TPSA) is 111 Å². The Bertz CT molecular complexity index is 1580. The molecule has 2 heterocycles. The lowest BCUT2D eigenvalue weighted by atomic mass is 9.92. The Labute approximate surface area is 234 Å². The van der Waals surface area contributed by atoms with Crippen LogP contribution in [0.25, 0.3) is 22.2 Å². The fourth-order valence-electron chi connectivity index (χ4n) is 5.22. The molecule has 1 fully saturated rings. The molecular weight excluding hydrogens is 538 g/mol. The van der Waals surface area contributed by atoms with E-state index < -0.39 is 23.5 Å².